The molecule has 1 N–H and O–H groups in total. The largest absolute Gasteiger partial charge is 0.352 e. The van der Waals surface area contributed by atoms with Crippen molar-refractivity contribution in [2.24, 2.45) is 23.2 Å². The Kier molecular flexibility index (Phi) is 4.71. The summed E-state index contributed by atoms with van der Waals surface area (Å²) in [5, 5.41) is 3.05. The molecule has 134 valence electrons. The molecule has 4 atom stereocenters. The van der Waals surface area contributed by atoms with E-state index in [2.05, 4.69) is 12.2 Å². The van der Waals surface area contributed by atoms with Crippen molar-refractivity contribution in [1.29, 1.82) is 0 Å². The van der Waals surface area contributed by atoms with Crippen LogP contribution >= 0.6 is 0 Å². The Morgan fingerprint density at radius 3 is 2.46 bits per heavy atom. The van der Waals surface area contributed by atoms with Gasteiger partial charge in [-0.1, -0.05) is 20.3 Å². The molecule has 1 heterocycles. The Bertz CT molecular complexity index is 541. The quantitative estimate of drug-likeness (QED) is 0.759. The Hall–Kier alpha value is -1.39. The van der Waals surface area contributed by atoms with Crippen LogP contribution in [0.1, 0.15) is 65.7 Å². The van der Waals surface area contributed by atoms with Gasteiger partial charge in [0.25, 0.3) is 0 Å². The summed E-state index contributed by atoms with van der Waals surface area (Å²) < 4.78 is 0. The van der Waals surface area contributed by atoms with Gasteiger partial charge in [0, 0.05) is 12.5 Å². The minimum atomic E-state index is -0.590. The van der Waals surface area contributed by atoms with Gasteiger partial charge in [0.05, 0.1) is 5.41 Å². The van der Waals surface area contributed by atoms with Crippen molar-refractivity contribution in [3.05, 3.63) is 0 Å². The van der Waals surface area contributed by atoms with Gasteiger partial charge in [0.1, 0.15) is 6.54 Å². The highest BCUT2D eigenvalue weighted by molar-refractivity contribution is 6.07. The molecule has 3 fully saturated rings. The first kappa shape index (κ1) is 17.4. The van der Waals surface area contributed by atoms with Gasteiger partial charge in [-0.2, -0.15) is 0 Å². The molecule has 5 heteroatoms. The van der Waals surface area contributed by atoms with Gasteiger partial charge in [0.2, 0.25) is 17.7 Å². The van der Waals surface area contributed by atoms with E-state index in [4.69, 9.17) is 0 Å². The number of likely N-dealkylation sites (tertiary alicyclic amines) is 1. The molecule has 4 unspecified atom stereocenters. The number of carbonyl (C=O) groups excluding carboxylic acids is 3. The van der Waals surface area contributed by atoms with Gasteiger partial charge in [-0.3, -0.25) is 19.3 Å². The molecule has 2 bridgehead atoms. The Labute approximate surface area is 144 Å². The number of imide groups is 1. The second-order valence-electron chi connectivity index (χ2n) is 8.14. The molecule has 0 aromatic heterocycles. The first-order valence-electron chi connectivity index (χ1n) is 9.54. The molecular weight excluding hydrogens is 304 g/mol. The Balaban J connectivity index is 1.57. The van der Waals surface area contributed by atoms with Crippen LogP contribution in [0, 0.1) is 23.2 Å². The molecule has 2 saturated carbocycles. The molecule has 2 aliphatic carbocycles. The van der Waals surface area contributed by atoms with Gasteiger partial charge in [-0.15, -0.1) is 0 Å². The highest BCUT2D eigenvalue weighted by atomic mass is 16.2. The van der Waals surface area contributed by atoms with Crippen LogP contribution in [0.2, 0.25) is 0 Å². The zero-order valence-electron chi connectivity index (χ0n) is 15.1. The summed E-state index contributed by atoms with van der Waals surface area (Å²) >= 11 is 0. The third-order valence-electron chi connectivity index (χ3n) is 6.97. The van der Waals surface area contributed by atoms with Crippen LogP contribution in [-0.2, 0) is 14.4 Å². The number of hydrogen-bond acceptors (Lipinski definition) is 3. The number of nitrogens with one attached hydrogen (secondary N) is 1. The molecule has 3 rings (SSSR count). The average Bonchev–Trinajstić information content (AvgIpc) is 3.24. The maximum Gasteiger partial charge on any atom is 0.240 e. The molecule has 24 heavy (non-hydrogen) atoms. The van der Waals surface area contributed by atoms with E-state index in [0.29, 0.717) is 18.8 Å². The van der Waals surface area contributed by atoms with Crippen molar-refractivity contribution in [1.82, 2.24) is 10.2 Å². The minimum Gasteiger partial charge on any atom is -0.352 e. The molecule has 0 radical (unpaired) electrons. The summed E-state index contributed by atoms with van der Waals surface area (Å²) in [5.74, 6) is 1.58. The van der Waals surface area contributed by atoms with Crippen LogP contribution in [0.3, 0.4) is 0 Å². The van der Waals surface area contributed by atoms with Gasteiger partial charge in [-0.05, 0) is 56.8 Å². The molecule has 0 aromatic carbocycles. The summed E-state index contributed by atoms with van der Waals surface area (Å²) in [6.45, 7) is 5.83. The van der Waals surface area contributed by atoms with Crippen molar-refractivity contribution < 1.29 is 14.4 Å². The second kappa shape index (κ2) is 6.49. The Morgan fingerprint density at radius 1 is 1.25 bits per heavy atom. The highest BCUT2D eigenvalue weighted by Gasteiger charge is 2.49. The molecule has 0 spiro atoms. The molecule has 3 aliphatic rings. The van der Waals surface area contributed by atoms with Crippen LogP contribution in [0.4, 0.5) is 0 Å². The van der Waals surface area contributed by atoms with E-state index >= 15 is 0 Å². The van der Waals surface area contributed by atoms with E-state index in [-0.39, 0.29) is 36.7 Å². The van der Waals surface area contributed by atoms with Crippen molar-refractivity contribution >= 4 is 17.7 Å². The fourth-order valence-corrected chi connectivity index (χ4v) is 5.28. The number of hydrogen-bond donors (Lipinski definition) is 1. The number of rotatable bonds is 6. The highest BCUT2D eigenvalue weighted by Crippen LogP contribution is 2.49. The average molecular weight is 334 g/mol. The third-order valence-corrected chi connectivity index (χ3v) is 6.97. The number of amides is 3. The second-order valence-corrected chi connectivity index (χ2v) is 8.14. The SMILES string of the molecule is CCC1(CC)CC(=O)N(CC(=O)NC(C)C2CC3CCC2C3)C1=O. The molecule has 0 aromatic rings. The van der Waals surface area contributed by atoms with Crippen LogP contribution in [-0.4, -0.2) is 35.2 Å². The van der Waals surface area contributed by atoms with E-state index in [1.54, 1.807) is 0 Å². The zero-order valence-corrected chi connectivity index (χ0v) is 15.1. The summed E-state index contributed by atoms with van der Waals surface area (Å²) in [4.78, 5) is 38.4. The lowest BCUT2D eigenvalue weighted by atomic mass is 9.81. The predicted octanol–water partition coefficient (Wildman–Crippen LogP) is 2.49. The lowest BCUT2D eigenvalue weighted by Crippen LogP contribution is -2.47. The zero-order chi connectivity index (χ0) is 17.5. The van der Waals surface area contributed by atoms with Crippen molar-refractivity contribution in [2.75, 3.05) is 6.54 Å². The predicted molar refractivity (Wildman–Crippen MR) is 90.9 cm³/mol. The number of carbonyl (C=O) groups is 3. The summed E-state index contributed by atoms with van der Waals surface area (Å²) in [6, 6.07) is 0.128. The van der Waals surface area contributed by atoms with Crippen LogP contribution in [0.25, 0.3) is 0 Å². The van der Waals surface area contributed by atoms with Crippen molar-refractivity contribution in [2.45, 2.75) is 71.8 Å². The van der Waals surface area contributed by atoms with Crippen LogP contribution < -0.4 is 5.32 Å². The van der Waals surface area contributed by atoms with E-state index in [9.17, 15) is 14.4 Å². The number of nitrogens with zero attached hydrogens (tertiary/aromatic N) is 1. The van der Waals surface area contributed by atoms with Crippen molar-refractivity contribution in [3.8, 4) is 0 Å². The maximum atomic E-state index is 12.6. The molecule has 3 amide bonds. The summed E-state index contributed by atoms with van der Waals surface area (Å²) in [5.41, 5.74) is -0.590. The van der Waals surface area contributed by atoms with Crippen LogP contribution in [0.5, 0.6) is 0 Å². The van der Waals surface area contributed by atoms with E-state index in [0.717, 1.165) is 11.8 Å². The lowest BCUT2D eigenvalue weighted by Gasteiger charge is -2.29. The van der Waals surface area contributed by atoms with Gasteiger partial charge < -0.3 is 5.32 Å². The van der Waals surface area contributed by atoms with E-state index < -0.39 is 5.41 Å². The first-order valence-corrected chi connectivity index (χ1v) is 9.54. The topological polar surface area (TPSA) is 66.5 Å². The standard InChI is InChI=1S/C19H30N2O3/c1-4-19(5-2)10-17(23)21(18(19)24)11-16(22)20-12(3)15-9-13-6-7-14(15)8-13/h12-15H,4-11H2,1-3H3,(H,20,22). The fourth-order valence-electron chi connectivity index (χ4n) is 5.28. The minimum absolute atomic E-state index is 0.120. The smallest absolute Gasteiger partial charge is 0.240 e. The van der Waals surface area contributed by atoms with Gasteiger partial charge in [0.15, 0.2) is 0 Å². The monoisotopic (exact) mass is 334 g/mol. The molecule has 1 saturated heterocycles. The van der Waals surface area contributed by atoms with Gasteiger partial charge >= 0.3 is 0 Å². The molecule has 5 nitrogen and oxygen atoms in total. The maximum absolute atomic E-state index is 12.6. The summed E-state index contributed by atoms with van der Waals surface area (Å²) in [7, 11) is 0. The Morgan fingerprint density at radius 2 is 1.96 bits per heavy atom. The number of fused-ring (bicyclic) bond motifs is 2. The van der Waals surface area contributed by atoms with E-state index in [1.165, 1.54) is 30.6 Å². The fraction of sp³-hybridized carbons (Fsp3) is 0.842. The van der Waals surface area contributed by atoms with Crippen LogP contribution in [0.15, 0.2) is 0 Å². The normalized spacial score (nSPS) is 32.5. The lowest BCUT2D eigenvalue weighted by molar-refractivity contribution is -0.145. The van der Waals surface area contributed by atoms with E-state index in [1.807, 2.05) is 13.8 Å². The molecular formula is C19H30N2O3. The third kappa shape index (κ3) is 2.86. The van der Waals surface area contributed by atoms with Gasteiger partial charge in [-0.25, -0.2) is 0 Å². The van der Waals surface area contributed by atoms with Crippen molar-refractivity contribution in [3.63, 3.8) is 0 Å². The summed E-state index contributed by atoms with van der Waals surface area (Å²) in [6.07, 6.45) is 6.68. The first-order chi connectivity index (χ1) is 11.4. The molecule has 1 aliphatic heterocycles.